The second kappa shape index (κ2) is 6.20. The molecule has 2 heterocycles. The average Bonchev–Trinajstić information content (AvgIpc) is 2.83. The van der Waals surface area contributed by atoms with Crippen molar-refractivity contribution < 1.29 is 4.79 Å². The summed E-state index contributed by atoms with van der Waals surface area (Å²) in [6.45, 7) is 5.02. The zero-order chi connectivity index (χ0) is 13.8. The van der Waals surface area contributed by atoms with E-state index in [1.54, 1.807) is 0 Å². The summed E-state index contributed by atoms with van der Waals surface area (Å²) in [5.74, 6) is 5.88. The quantitative estimate of drug-likeness (QED) is 0.774. The zero-order valence-corrected chi connectivity index (χ0v) is 12.2. The molecule has 19 heavy (non-hydrogen) atoms. The molecule has 1 fully saturated rings. The summed E-state index contributed by atoms with van der Waals surface area (Å²) in [6.07, 6.45) is 0. The molecule has 4 nitrogen and oxygen atoms in total. The van der Waals surface area contributed by atoms with E-state index in [1.807, 2.05) is 16.3 Å². The highest BCUT2D eigenvalue weighted by Gasteiger charge is 2.28. The Kier molecular flexibility index (Phi) is 4.59. The first-order valence-corrected chi connectivity index (χ1v) is 7.27. The molecule has 1 unspecified atom stereocenters. The summed E-state index contributed by atoms with van der Waals surface area (Å²) in [5.41, 5.74) is 6.18. The van der Waals surface area contributed by atoms with Crippen LogP contribution in [-0.4, -0.2) is 55.0 Å². The van der Waals surface area contributed by atoms with Crippen molar-refractivity contribution in [3.8, 4) is 11.8 Å². The topological polar surface area (TPSA) is 49.6 Å². The second-order valence-electron chi connectivity index (χ2n) is 4.78. The standard InChI is InChI=1S/C14H19N3OS/c1-11-10-16(2)7-8-17(11)14(18)13-12(4-3-6-15)5-9-19-13/h5,9,11H,6-8,10,15H2,1-2H3. The van der Waals surface area contributed by atoms with Gasteiger partial charge in [-0.1, -0.05) is 11.8 Å². The molecule has 5 heteroatoms. The van der Waals surface area contributed by atoms with Crippen LogP contribution in [0.3, 0.4) is 0 Å². The van der Waals surface area contributed by atoms with Gasteiger partial charge in [-0.05, 0) is 25.4 Å². The van der Waals surface area contributed by atoms with Gasteiger partial charge in [0.25, 0.3) is 5.91 Å². The van der Waals surface area contributed by atoms with Gasteiger partial charge in [-0.15, -0.1) is 11.3 Å². The molecule has 0 spiro atoms. The Hall–Kier alpha value is -1.35. The van der Waals surface area contributed by atoms with Gasteiger partial charge in [-0.25, -0.2) is 0 Å². The minimum Gasteiger partial charge on any atom is -0.333 e. The second-order valence-corrected chi connectivity index (χ2v) is 5.70. The summed E-state index contributed by atoms with van der Waals surface area (Å²) < 4.78 is 0. The summed E-state index contributed by atoms with van der Waals surface area (Å²) in [7, 11) is 2.08. The highest BCUT2D eigenvalue weighted by molar-refractivity contribution is 7.12. The molecule has 1 amide bonds. The Morgan fingerprint density at radius 3 is 3.05 bits per heavy atom. The molecular formula is C14H19N3OS. The maximum atomic E-state index is 12.6. The van der Waals surface area contributed by atoms with Gasteiger partial charge in [0.05, 0.1) is 6.54 Å². The first-order valence-electron chi connectivity index (χ1n) is 6.39. The fourth-order valence-corrected chi connectivity index (χ4v) is 3.10. The van der Waals surface area contributed by atoms with Crippen molar-refractivity contribution in [3.63, 3.8) is 0 Å². The van der Waals surface area contributed by atoms with E-state index in [2.05, 4.69) is 30.7 Å². The third-order valence-corrected chi connectivity index (χ3v) is 4.18. The number of nitrogens with two attached hydrogens (primary N) is 1. The van der Waals surface area contributed by atoms with Gasteiger partial charge in [-0.2, -0.15) is 0 Å². The van der Waals surface area contributed by atoms with Gasteiger partial charge >= 0.3 is 0 Å². The molecule has 1 aliphatic heterocycles. The third-order valence-electron chi connectivity index (χ3n) is 3.28. The number of piperazine rings is 1. The molecule has 0 bridgehead atoms. The maximum Gasteiger partial charge on any atom is 0.265 e. The predicted octanol–water partition coefficient (Wildman–Crippen LogP) is 0.834. The normalized spacial score (nSPS) is 19.9. The minimum absolute atomic E-state index is 0.0944. The number of thiophene rings is 1. The van der Waals surface area contributed by atoms with Crippen molar-refractivity contribution in [2.75, 3.05) is 33.2 Å². The average molecular weight is 277 g/mol. The van der Waals surface area contributed by atoms with Crippen LogP contribution < -0.4 is 5.73 Å². The van der Waals surface area contributed by atoms with E-state index >= 15 is 0 Å². The molecule has 102 valence electrons. The van der Waals surface area contributed by atoms with E-state index < -0.39 is 0 Å². The van der Waals surface area contributed by atoms with Crippen molar-refractivity contribution in [2.24, 2.45) is 5.73 Å². The van der Waals surface area contributed by atoms with E-state index in [-0.39, 0.29) is 11.9 Å². The molecule has 2 rings (SSSR count). The Balaban J connectivity index is 2.18. The number of likely N-dealkylation sites (N-methyl/N-ethyl adjacent to an activating group) is 1. The Morgan fingerprint density at radius 2 is 2.37 bits per heavy atom. The molecule has 0 aliphatic carbocycles. The molecular weight excluding hydrogens is 258 g/mol. The van der Waals surface area contributed by atoms with Gasteiger partial charge in [0.2, 0.25) is 0 Å². The van der Waals surface area contributed by atoms with Crippen molar-refractivity contribution >= 4 is 17.2 Å². The van der Waals surface area contributed by atoms with Crippen LogP contribution in [0.25, 0.3) is 0 Å². The van der Waals surface area contributed by atoms with Crippen molar-refractivity contribution in [1.82, 2.24) is 9.80 Å². The summed E-state index contributed by atoms with van der Waals surface area (Å²) >= 11 is 1.46. The molecule has 1 saturated heterocycles. The summed E-state index contributed by atoms with van der Waals surface area (Å²) in [5, 5.41) is 1.91. The first-order chi connectivity index (χ1) is 9.13. The summed E-state index contributed by atoms with van der Waals surface area (Å²) in [6, 6.07) is 2.13. The number of carbonyl (C=O) groups is 1. The molecule has 1 aromatic heterocycles. The molecule has 0 radical (unpaired) electrons. The van der Waals surface area contributed by atoms with Gasteiger partial charge in [0.15, 0.2) is 0 Å². The lowest BCUT2D eigenvalue weighted by Gasteiger charge is -2.38. The number of hydrogen-bond acceptors (Lipinski definition) is 4. The first kappa shape index (κ1) is 14.1. The van der Waals surface area contributed by atoms with E-state index in [4.69, 9.17) is 5.73 Å². The molecule has 0 aromatic carbocycles. The maximum absolute atomic E-state index is 12.6. The van der Waals surface area contributed by atoms with Crippen LogP contribution in [0.1, 0.15) is 22.2 Å². The van der Waals surface area contributed by atoms with Crippen molar-refractivity contribution in [1.29, 1.82) is 0 Å². The zero-order valence-electron chi connectivity index (χ0n) is 11.3. The van der Waals surface area contributed by atoms with Crippen LogP contribution in [-0.2, 0) is 0 Å². The Labute approximate surface area is 118 Å². The van der Waals surface area contributed by atoms with Crippen molar-refractivity contribution in [3.05, 3.63) is 21.9 Å². The van der Waals surface area contributed by atoms with Gasteiger partial charge in [-0.3, -0.25) is 4.79 Å². The van der Waals surface area contributed by atoms with E-state index in [0.717, 1.165) is 30.1 Å². The van der Waals surface area contributed by atoms with Gasteiger partial charge < -0.3 is 15.5 Å². The van der Waals surface area contributed by atoms with Crippen LogP contribution in [0.4, 0.5) is 0 Å². The van der Waals surface area contributed by atoms with Gasteiger partial charge in [0.1, 0.15) is 4.88 Å². The van der Waals surface area contributed by atoms with Crippen LogP contribution >= 0.6 is 11.3 Å². The molecule has 0 saturated carbocycles. The lowest BCUT2D eigenvalue weighted by molar-refractivity contribution is 0.0538. The molecule has 2 N–H and O–H groups in total. The molecule has 1 aliphatic rings. The Bertz CT molecular complexity index is 514. The lowest BCUT2D eigenvalue weighted by Crippen LogP contribution is -2.52. The van der Waals surface area contributed by atoms with Crippen LogP contribution in [0, 0.1) is 11.8 Å². The summed E-state index contributed by atoms with van der Waals surface area (Å²) in [4.78, 5) is 17.5. The number of nitrogens with zero attached hydrogens (tertiary/aromatic N) is 2. The fraction of sp³-hybridized carbons (Fsp3) is 0.500. The van der Waals surface area contributed by atoms with Crippen LogP contribution in [0.5, 0.6) is 0 Å². The van der Waals surface area contributed by atoms with Crippen LogP contribution in [0.2, 0.25) is 0 Å². The lowest BCUT2D eigenvalue weighted by atomic mass is 10.1. The fourth-order valence-electron chi connectivity index (χ4n) is 2.29. The van der Waals surface area contributed by atoms with Crippen LogP contribution in [0.15, 0.2) is 11.4 Å². The van der Waals surface area contributed by atoms with E-state index in [1.165, 1.54) is 11.3 Å². The minimum atomic E-state index is 0.0944. The highest BCUT2D eigenvalue weighted by atomic mass is 32.1. The predicted molar refractivity (Wildman–Crippen MR) is 78.2 cm³/mol. The SMILES string of the molecule is CC1CN(C)CCN1C(=O)c1sccc1C#CCN. The smallest absolute Gasteiger partial charge is 0.265 e. The van der Waals surface area contributed by atoms with E-state index in [9.17, 15) is 4.79 Å². The largest absolute Gasteiger partial charge is 0.333 e. The molecule has 1 aromatic rings. The number of rotatable bonds is 1. The Morgan fingerprint density at radius 1 is 1.58 bits per heavy atom. The third kappa shape index (κ3) is 3.16. The number of amides is 1. The number of carbonyl (C=O) groups excluding carboxylic acids is 1. The van der Waals surface area contributed by atoms with E-state index in [0.29, 0.717) is 6.54 Å². The highest BCUT2D eigenvalue weighted by Crippen LogP contribution is 2.21. The monoisotopic (exact) mass is 277 g/mol. The molecule has 1 atom stereocenters. The van der Waals surface area contributed by atoms with Gasteiger partial charge in [0, 0.05) is 31.2 Å². The number of hydrogen-bond donors (Lipinski definition) is 1. The van der Waals surface area contributed by atoms with Crippen molar-refractivity contribution in [2.45, 2.75) is 13.0 Å².